The molecule has 18 heavy (non-hydrogen) atoms. The number of para-hydroxylation sites is 2. The van der Waals surface area contributed by atoms with Crippen LogP contribution in [0, 0.1) is 6.92 Å². The monoisotopic (exact) mass is 305 g/mol. The maximum atomic E-state index is 12.1. The van der Waals surface area contributed by atoms with Crippen molar-refractivity contribution in [3.8, 4) is 5.75 Å². The summed E-state index contributed by atoms with van der Waals surface area (Å²) in [5.41, 5.74) is 1.86. The van der Waals surface area contributed by atoms with Gasteiger partial charge in [-0.15, -0.1) is 0 Å². The van der Waals surface area contributed by atoms with Crippen molar-refractivity contribution in [3.05, 3.63) is 58.1 Å². The number of rotatable bonds is 2. The molecule has 2 N–H and O–H groups in total. The van der Waals surface area contributed by atoms with E-state index in [-0.39, 0.29) is 11.7 Å². The molecule has 0 spiro atoms. The maximum absolute atomic E-state index is 12.1. The van der Waals surface area contributed by atoms with Gasteiger partial charge in [-0.2, -0.15) is 0 Å². The number of carbonyl (C=O) groups is 1. The molecule has 0 aliphatic heterocycles. The Labute approximate surface area is 114 Å². The second kappa shape index (κ2) is 5.23. The molecule has 0 bridgehead atoms. The zero-order valence-corrected chi connectivity index (χ0v) is 11.4. The third-order valence-corrected chi connectivity index (χ3v) is 3.09. The summed E-state index contributed by atoms with van der Waals surface area (Å²) in [7, 11) is 0. The van der Waals surface area contributed by atoms with Gasteiger partial charge in [-0.05, 0) is 36.8 Å². The van der Waals surface area contributed by atoms with E-state index < -0.39 is 0 Å². The van der Waals surface area contributed by atoms with E-state index in [1.807, 2.05) is 19.1 Å². The fourth-order valence-corrected chi connectivity index (χ4v) is 1.97. The lowest BCUT2D eigenvalue weighted by Crippen LogP contribution is -2.13. The average Bonchev–Trinajstić information content (AvgIpc) is 2.35. The van der Waals surface area contributed by atoms with Gasteiger partial charge in [0.1, 0.15) is 5.75 Å². The van der Waals surface area contributed by atoms with Crippen LogP contribution in [0.4, 0.5) is 5.69 Å². The SMILES string of the molecule is Cc1ccc(Br)cc1C(=O)Nc1ccccc1O. The molecule has 2 aromatic carbocycles. The molecule has 0 atom stereocenters. The van der Waals surface area contributed by atoms with Crippen molar-refractivity contribution in [3.63, 3.8) is 0 Å². The van der Waals surface area contributed by atoms with Crippen molar-refractivity contribution in [2.75, 3.05) is 5.32 Å². The first-order chi connectivity index (χ1) is 8.58. The van der Waals surface area contributed by atoms with Gasteiger partial charge in [0.15, 0.2) is 0 Å². The van der Waals surface area contributed by atoms with E-state index in [4.69, 9.17) is 0 Å². The van der Waals surface area contributed by atoms with Crippen molar-refractivity contribution >= 4 is 27.5 Å². The molecular formula is C14H12BrNO2. The van der Waals surface area contributed by atoms with Gasteiger partial charge >= 0.3 is 0 Å². The smallest absolute Gasteiger partial charge is 0.256 e. The molecule has 0 heterocycles. The number of hydrogen-bond acceptors (Lipinski definition) is 2. The molecule has 2 rings (SSSR count). The number of benzene rings is 2. The number of carbonyl (C=O) groups excluding carboxylic acids is 1. The third kappa shape index (κ3) is 2.71. The predicted molar refractivity (Wildman–Crippen MR) is 74.9 cm³/mol. The number of aromatic hydroxyl groups is 1. The minimum absolute atomic E-state index is 0.0542. The summed E-state index contributed by atoms with van der Waals surface area (Å²) in [5.74, 6) is -0.186. The minimum Gasteiger partial charge on any atom is -0.506 e. The summed E-state index contributed by atoms with van der Waals surface area (Å²) >= 11 is 3.34. The third-order valence-electron chi connectivity index (χ3n) is 2.60. The van der Waals surface area contributed by atoms with Crippen LogP contribution < -0.4 is 5.32 Å². The van der Waals surface area contributed by atoms with E-state index in [2.05, 4.69) is 21.2 Å². The Morgan fingerprint density at radius 1 is 1.22 bits per heavy atom. The molecule has 0 aliphatic rings. The van der Waals surface area contributed by atoms with Gasteiger partial charge < -0.3 is 10.4 Å². The number of phenolic OH excluding ortho intramolecular Hbond substituents is 1. The Bertz CT molecular complexity index is 596. The van der Waals surface area contributed by atoms with E-state index in [9.17, 15) is 9.90 Å². The molecule has 0 unspecified atom stereocenters. The zero-order chi connectivity index (χ0) is 13.1. The first kappa shape index (κ1) is 12.6. The van der Waals surface area contributed by atoms with Crippen molar-refractivity contribution in [1.82, 2.24) is 0 Å². The number of phenols is 1. The number of anilines is 1. The van der Waals surface area contributed by atoms with Crippen molar-refractivity contribution in [2.45, 2.75) is 6.92 Å². The Morgan fingerprint density at radius 3 is 2.67 bits per heavy atom. The fourth-order valence-electron chi connectivity index (χ4n) is 1.61. The minimum atomic E-state index is -0.240. The normalized spacial score (nSPS) is 10.1. The van der Waals surface area contributed by atoms with Crippen molar-refractivity contribution in [1.29, 1.82) is 0 Å². The molecule has 0 saturated carbocycles. The Hall–Kier alpha value is -1.81. The van der Waals surface area contributed by atoms with Gasteiger partial charge in [-0.25, -0.2) is 0 Å². The van der Waals surface area contributed by atoms with Gasteiger partial charge in [-0.1, -0.05) is 34.1 Å². The summed E-state index contributed by atoms with van der Waals surface area (Å²) in [6.07, 6.45) is 0. The molecule has 3 nitrogen and oxygen atoms in total. The van der Waals surface area contributed by atoms with Gasteiger partial charge in [0.2, 0.25) is 0 Å². The molecule has 0 aromatic heterocycles. The lowest BCUT2D eigenvalue weighted by atomic mass is 10.1. The summed E-state index contributed by atoms with van der Waals surface area (Å²) < 4.78 is 0.843. The maximum Gasteiger partial charge on any atom is 0.256 e. The molecule has 2 aromatic rings. The van der Waals surface area contributed by atoms with Crippen LogP contribution >= 0.6 is 15.9 Å². The van der Waals surface area contributed by atoms with E-state index in [0.717, 1.165) is 10.0 Å². The van der Waals surface area contributed by atoms with Crippen LogP contribution in [-0.2, 0) is 0 Å². The summed E-state index contributed by atoms with van der Waals surface area (Å²) in [6.45, 7) is 1.87. The number of halogens is 1. The quantitative estimate of drug-likeness (QED) is 0.831. The summed E-state index contributed by atoms with van der Waals surface area (Å²) in [5, 5.41) is 12.3. The predicted octanol–water partition coefficient (Wildman–Crippen LogP) is 3.72. The van der Waals surface area contributed by atoms with E-state index in [0.29, 0.717) is 11.3 Å². The molecule has 0 saturated heterocycles. The van der Waals surface area contributed by atoms with E-state index >= 15 is 0 Å². The highest BCUT2D eigenvalue weighted by atomic mass is 79.9. The number of nitrogens with one attached hydrogen (secondary N) is 1. The highest BCUT2D eigenvalue weighted by Crippen LogP contribution is 2.23. The standard InChI is InChI=1S/C14H12BrNO2/c1-9-6-7-10(15)8-11(9)14(18)16-12-4-2-3-5-13(12)17/h2-8,17H,1H3,(H,16,18). The lowest BCUT2D eigenvalue weighted by molar-refractivity contribution is 0.102. The number of aryl methyl sites for hydroxylation is 1. The molecule has 92 valence electrons. The average molecular weight is 306 g/mol. The topological polar surface area (TPSA) is 49.3 Å². The van der Waals surface area contributed by atoms with Crippen molar-refractivity contribution < 1.29 is 9.90 Å². The Kier molecular flexibility index (Phi) is 3.67. The highest BCUT2D eigenvalue weighted by Gasteiger charge is 2.11. The molecular weight excluding hydrogens is 294 g/mol. The van der Waals surface area contributed by atoms with Gasteiger partial charge in [0, 0.05) is 10.0 Å². The first-order valence-corrected chi connectivity index (χ1v) is 6.23. The fraction of sp³-hybridized carbons (Fsp3) is 0.0714. The Balaban J connectivity index is 2.28. The molecule has 0 fully saturated rings. The van der Waals surface area contributed by atoms with Crippen LogP contribution in [0.15, 0.2) is 46.9 Å². The molecule has 0 radical (unpaired) electrons. The highest BCUT2D eigenvalue weighted by molar-refractivity contribution is 9.10. The second-order valence-electron chi connectivity index (χ2n) is 3.93. The van der Waals surface area contributed by atoms with Crippen LogP contribution in [0.25, 0.3) is 0 Å². The molecule has 0 aliphatic carbocycles. The largest absolute Gasteiger partial charge is 0.506 e. The Morgan fingerprint density at radius 2 is 1.94 bits per heavy atom. The number of amides is 1. The second-order valence-corrected chi connectivity index (χ2v) is 4.85. The van der Waals surface area contributed by atoms with Crippen LogP contribution in [0.2, 0.25) is 0 Å². The summed E-state index contributed by atoms with van der Waals surface area (Å²) in [6, 6.07) is 12.1. The number of hydrogen-bond donors (Lipinski definition) is 2. The first-order valence-electron chi connectivity index (χ1n) is 5.43. The molecule has 4 heteroatoms. The molecule has 1 amide bonds. The van der Waals surface area contributed by atoms with Crippen LogP contribution in [-0.4, -0.2) is 11.0 Å². The lowest BCUT2D eigenvalue weighted by Gasteiger charge is -2.09. The van der Waals surface area contributed by atoms with E-state index in [1.165, 1.54) is 6.07 Å². The van der Waals surface area contributed by atoms with Gasteiger partial charge in [-0.3, -0.25) is 4.79 Å². The van der Waals surface area contributed by atoms with Crippen LogP contribution in [0.5, 0.6) is 5.75 Å². The summed E-state index contributed by atoms with van der Waals surface area (Å²) in [4.78, 5) is 12.1. The van der Waals surface area contributed by atoms with Crippen LogP contribution in [0.3, 0.4) is 0 Å². The van der Waals surface area contributed by atoms with E-state index in [1.54, 1.807) is 24.3 Å². The zero-order valence-electron chi connectivity index (χ0n) is 9.77. The van der Waals surface area contributed by atoms with Gasteiger partial charge in [0.05, 0.1) is 5.69 Å². The van der Waals surface area contributed by atoms with Crippen LogP contribution in [0.1, 0.15) is 15.9 Å². The van der Waals surface area contributed by atoms with Crippen molar-refractivity contribution in [2.24, 2.45) is 0 Å². The van der Waals surface area contributed by atoms with Gasteiger partial charge in [0.25, 0.3) is 5.91 Å².